The van der Waals surface area contributed by atoms with Crippen molar-refractivity contribution in [3.63, 3.8) is 0 Å². The molecule has 0 unspecified atom stereocenters. The van der Waals surface area contributed by atoms with E-state index >= 15 is 0 Å². The van der Waals surface area contributed by atoms with E-state index < -0.39 is 10.2 Å². The van der Waals surface area contributed by atoms with Crippen LogP contribution in [0.5, 0.6) is 11.5 Å². The van der Waals surface area contributed by atoms with Gasteiger partial charge in [0.15, 0.2) is 0 Å². The number of phenolic OH excluding ortho intramolecular Hbond substituents is 1. The van der Waals surface area contributed by atoms with Crippen molar-refractivity contribution in [3.05, 3.63) is 30.3 Å². The molecule has 1 fully saturated rings. The molecule has 1 heterocycles. The summed E-state index contributed by atoms with van der Waals surface area (Å²) in [5.74, 6) is 0.676. The fourth-order valence-electron chi connectivity index (χ4n) is 2.49. The average molecular weight is 322 g/mol. The zero-order chi connectivity index (χ0) is 15.7. The van der Waals surface area contributed by atoms with Gasteiger partial charge in [0.1, 0.15) is 11.5 Å². The Labute approximate surface area is 129 Å². The van der Waals surface area contributed by atoms with Crippen LogP contribution in [0.3, 0.4) is 0 Å². The van der Waals surface area contributed by atoms with Crippen LogP contribution in [0.4, 0.5) is 5.69 Å². The Kier molecular flexibility index (Phi) is 3.84. The van der Waals surface area contributed by atoms with Crippen molar-refractivity contribution >= 4 is 26.7 Å². The van der Waals surface area contributed by atoms with Crippen LogP contribution in [0, 0.1) is 0 Å². The monoisotopic (exact) mass is 322 g/mol. The molecule has 1 aliphatic heterocycles. The molecule has 1 aliphatic rings. The minimum Gasteiger partial charge on any atom is -0.506 e. The fourth-order valence-corrected chi connectivity index (χ4v) is 3.73. The highest BCUT2D eigenvalue weighted by Gasteiger charge is 2.30. The van der Waals surface area contributed by atoms with Gasteiger partial charge in [0.2, 0.25) is 0 Å². The molecule has 22 heavy (non-hydrogen) atoms. The van der Waals surface area contributed by atoms with Crippen molar-refractivity contribution < 1.29 is 18.3 Å². The third-order valence-electron chi connectivity index (χ3n) is 3.54. The van der Waals surface area contributed by atoms with Gasteiger partial charge in [-0.25, -0.2) is 0 Å². The van der Waals surface area contributed by atoms with Crippen LogP contribution in [0.2, 0.25) is 0 Å². The number of benzene rings is 2. The van der Waals surface area contributed by atoms with Crippen LogP contribution < -0.4 is 13.8 Å². The molecule has 2 aromatic carbocycles. The highest BCUT2D eigenvalue weighted by molar-refractivity contribution is 7.91. The summed E-state index contributed by atoms with van der Waals surface area (Å²) in [5.41, 5.74) is 0.283. The van der Waals surface area contributed by atoms with Gasteiger partial charge in [-0.2, -0.15) is 13.1 Å². The Morgan fingerprint density at radius 3 is 2.77 bits per heavy atom. The third-order valence-corrected chi connectivity index (χ3v) is 5.06. The van der Waals surface area contributed by atoms with Gasteiger partial charge in [0.05, 0.1) is 12.3 Å². The highest BCUT2D eigenvalue weighted by Crippen LogP contribution is 2.35. The molecule has 7 heteroatoms. The molecule has 1 saturated heterocycles. The number of rotatable bonds is 4. The SMILES string of the molecule is CCCOc1ccc2cc(O)c(N3CCNS3(=O)=O)cc2c1. The zero-order valence-corrected chi connectivity index (χ0v) is 13.1. The maximum absolute atomic E-state index is 11.9. The van der Waals surface area contributed by atoms with E-state index in [0.29, 0.717) is 19.7 Å². The molecule has 118 valence electrons. The van der Waals surface area contributed by atoms with E-state index in [0.717, 1.165) is 22.9 Å². The Morgan fingerprint density at radius 2 is 2.09 bits per heavy atom. The van der Waals surface area contributed by atoms with Gasteiger partial charge < -0.3 is 9.84 Å². The van der Waals surface area contributed by atoms with Gasteiger partial charge in [-0.3, -0.25) is 4.31 Å². The van der Waals surface area contributed by atoms with E-state index in [1.165, 1.54) is 4.31 Å². The summed E-state index contributed by atoms with van der Waals surface area (Å²) in [4.78, 5) is 0. The number of aromatic hydroxyl groups is 1. The summed E-state index contributed by atoms with van der Waals surface area (Å²) in [6.07, 6.45) is 0.913. The van der Waals surface area contributed by atoms with E-state index in [1.54, 1.807) is 12.1 Å². The van der Waals surface area contributed by atoms with Crippen LogP contribution in [-0.2, 0) is 10.2 Å². The number of fused-ring (bicyclic) bond motifs is 1. The number of nitrogens with zero attached hydrogens (tertiary/aromatic N) is 1. The summed E-state index contributed by atoms with van der Waals surface area (Å²) in [6, 6.07) is 8.78. The van der Waals surface area contributed by atoms with Crippen molar-refractivity contribution in [1.82, 2.24) is 4.72 Å². The van der Waals surface area contributed by atoms with E-state index in [4.69, 9.17) is 4.74 Å². The number of phenols is 1. The Balaban J connectivity index is 2.05. The van der Waals surface area contributed by atoms with Crippen molar-refractivity contribution in [1.29, 1.82) is 0 Å². The molecule has 0 bridgehead atoms. The molecule has 2 aromatic rings. The summed E-state index contributed by atoms with van der Waals surface area (Å²) in [6.45, 7) is 3.29. The maximum Gasteiger partial charge on any atom is 0.301 e. The molecule has 0 atom stereocenters. The van der Waals surface area contributed by atoms with Gasteiger partial charge in [-0.05, 0) is 41.5 Å². The van der Waals surface area contributed by atoms with Crippen LogP contribution in [-0.4, -0.2) is 33.2 Å². The fraction of sp³-hybridized carbons (Fsp3) is 0.333. The lowest BCUT2D eigenvalue weighted by atomic mass is 10.1. The maximum atomic E-state index is 11.9. The average Bonchev–Trinajstić information content (AvgIpc) is 2.83. The van der Waals surface area contributed by atoms with Crippen LogP contribution in [0.1, 0.15) is 13.3 Å². The van der Waals surface area contributed by atoms with Gasteiger partial charge in [0, 0.05) is 13.1 Å². The lowest BCUT2D eigenvalue weighted by Gasteiger charge is -2.18. The molecule has 0 spiro atoms. The standard InChI is InChI=1S/C15H18N2O4S/c1-2-7-21-13-4-3-11-10-15(18)14(9-12(11)8-13)17-6-5-16-22(17,19)20/h3-4,8-10,16,18H,2,5-7H2,1H3. The second kappa shape index (κ2) is 5.66. The van der Waals surface area contributed by atoms with Crippen molar-refractivity contribution in [2.24, 2.45) is 0 Å². The normalized spacial score (nSPS) is 17.0. The second-order valence-electron chi connectivity index (χ2n) is 5.17. The highest BCUT2D eigenvalue weighted by atomic mass is 32.2. The predicted molar refractivity (Wildman–Crippen MR) is 85.7 cm³/mol. The Bertz CT molecular complexity index is 805. The summed E-state index contributed by atoms with van der Waals surface area (Å²) in [7, 11) is -3.56. The topological polar surface area (TPSA) is 78.9 Å². The minimum absolute atomic E-state index is 0.0537. The molecule has 2 N–H and O–H groups in total. The number of ether oxygens (including phenoxy) is 1. The number of hydrogen-bond acceptors (Lipinski definition) is 4. The van der Waals surface area contributed by atoms with Crippen molar-refractivity contribution in [3.8, 4) is 11.5 Å². The van der Waals surface area contributed by atoms with E-state index in [2.05, 4.69) is 4.72 Å². The number of hydrogen-bond donors (Lipinski definition) is 2. The quantitative estimate of drug-likeness (QED) is 0.902. The van der Waals surface area contributed by atoms with E-state index in [-0.39, 0.29) is 11.4 Å². The van der Waals surface area contributed by atoms with Gasteiger partial charge in [-0.15, -0.1) is 0 Å². The Hall–Kier alpha value is -1.99. The van der Waals surface area contributed by atoms with Gasteiger partial charge in [0.25, 0.3) is 0 Å². The van der Waals surface area contributed by atoms with E-state index in [9.17, 15) is 13.5 Å². The summed E-state index contributed by atoms with van der Waals surface area (Å²) in [5, 5.41) is 11.8. The van der Waals surface area contributed by atoms with Crippen molar-refractivity contribution in [2.75, 3.05) is 24.0 Å². The van der Waals surface area contributed by atoms with Crippen LogP contribution >= 0.6 is 0 Å². The van der Waals surface area contributed by atoms with Gasteiger partial charge in [-0.1, -0.05) is 13.0 Å². The first-order valence-corrected chi connectivity index (χ1v) is 8.62. The lowest BCUT2D eigenvalue weighted by molar-refractivity contribution is 0.318. The van der Waals surface area contributed by atoms with Gasteiger partial charge >= 0.3 is 10.2 Å². The number of anilines is 1. The first kappa shape index (κ1) is 14.9. The molecule has 0 radical (unpaired) electrons. The minimum atomic E-state index is -3.56. The third kappa shape index (κ3) is 2.69. The van der Waals surface area contributed by atoms with E-state index in [1.807, 2.05) is 25.1 Å². The first-order valence-electron chi connectivity index (χ1n) is 7.18. The molecule has 0 saturated carbocycles. The van der Waals surface area contributed by atoms with Crippen LogP contribution in [0.25, 0.3) is 10.8 Å². The van der Waals surface area contributed by atoms with Crippen molar-refractivity contribution in [2.45, 2.75) is 13.3 Å². The first-order chi connectivity index (χ1) is 10.5. The summed E-state index contributed by atoms with van der Waals surface area (Å²) >= 11 is 0. The molecule has 0 amide bonds. The Morgan fingerprint density at radius 1 is 1.27 bits per heavy atom. The zero-order valence-electron chi connectivity index (χ0n) is 12.2. The van der Waals surface area contributed by atoms with Crippen LogP contribution in [0.15, 0.2) is 30.3 Å². The molecular weight excluding hydrogens is 304 g/mol. The molecule has 3 rings (SSSR count). The summed E-state index contributed by atoms with van der Waals surface area (Å²) < 4.78 is 33.1. The molecule has 0 aliphatic carbocycles. The molecule has 0 aromatic heterocycles. The second-order valence-corrected chi connectivity index (χ2v) is 6.85. The predicted octanol–water partition coefficient (Wildman–Crippen LogP) is 1.99. The largest absolute Gasteiger partial charge is 0.506 e. The molecule has 6 nitrogen and oxygen atoms in total. The number of nitrogens with one attached hydrogen (secondary N) is 1. The molecular formula is C15H18N2O4S. The smallest absolute Gasteiger partial charge is 0.301 e. The lowest BCUT2D eigenvalue weighted by Crippen LogP contribution is -2.29.